The summed E-state index contributed by atoms with van der Waals surface area (Å²) in [6.45, 7) is 5.63. The number of nitrogens with zero attached hydrogens (tertiary/aromatic N) is 1. The summed E-state index contributed by atoms with van der Waals surface area (Å²) < 4.78 is 5.49. The monoisotopic (exact) mass is 288 g/mol. The predicted molar refractivity (Wildman–Crippen MR) is 81.8 cm³/mol. The van der Waals surface area contributed by atoms with Crippen LogP contribution in [0.2, 0.25) is 0 Å². The van der Waals surface area contributed by atoms with E-state index in [1.165, 1.54) is 11.1 Å². The maximum absolute atomic E-state index is 12.6. The van der Waals surface area contributed by atoms with Crippen molar-refractivity contribution < 1.29 is 9.53 Å². The van der Waals surface area contributed by atoms with Crippen LogP contribution in [0.5, 0.6) is 0 Å². The minimum Gasteiger partial charge on any atom is -0.379 e. The van der Waals surface area contributed by atoms with Gasteiger partial charge in [0.15, 0.2) is 0 Å². The van der Waals surface area contributed by atoms with Crippen LogP contribution in [0.15, 0.2) is 24.3 Å². The van der Waals surface area contributed by atoms with Gasteiger partial charge < -0.3 is 9.64 Å². The number of hydrogen-bond donors (Lipinski definition) is 1. The first-order chi connectivity index (χ1) is 10.2. The van der Waals surface area contributed by atoms with Crippen molar-refractivity contribution in [2.45, 2.75) is 51.4 Å². The molecule has 3 atom stereocenters. The van der Waals surface area contributed by atoms with E-state index in [4.69, 9.17) is 4.74 Å². The first-order valence-electron chi connectivity index (χ1n) is 7.99. The molecule has 1 aromatic rings. The molecule has 0 aromatic heterocycles. The van der Waals surface area contributed by atoms with Gasteiger partial charge in [-0.15, -0.1) is 0 Å². The van der Waals surface area contributed by atoms with Gasteiger partial charge in [-0.25, -0.2) is 0 Å². The molecule has 2 fully saturated rings. The van der Waals surface area contributed by atoms with E-state index in [9.17, 15) is 4.79 Å². The van der Waals surface area contributed by atoms with Crippen LogP contribution in [0.25, 0.3) is 0 Å². The lowest BCUT2D eigenvalue weighted by molar-refractivity contribution is -0.132. The maximum Gasteiger partial charge on any atom is 0.241 e. The second kappa shape index (κ2) is 6.16. The summed E-state index contributed by atoms with van der Waals surface area (Å²) >= 11 is 0. The van der Waals surface area contributed by atoms with Crippen LogP contribution in [0.4, 0.5) is 0 Å². The van der Waals surface area contributed by atoms with Gasteiger partial charge in [-0.05, 0) is 30.4 Å². The van der Waals surface area contributed by atoms with Gasteiger partial charge in [0, 0.05) is 6.61 Å². The number of hydrogen-bond acceptors (Lipinski definition) is 3. The summed E-state index contributed by atoms with van der Waals surface area (Å²) in [4.78, 5) is 14.7. The van der Waals surface area contributed by atoms with Crippen LogP contribution in [0.3, 0.4) is 0 Å². The molecule has 1 aromatic carbocycles. The fourth-order valence-corrected chi connectivity index (χ4v) is 3.27. The lowest BCUT2D eigenvalue weighted by Crippen LogP contribution is -2.40. The van der Waals surface area contributed by atoms with Crippen molar-refractivity contribution in [3.63, 3.8) is 0 Å². The van der Waals surface area contributed by atoms with E-state index in [0.717, 1.165) is 25.9 Å². The molecule has 2 aliphatic rings. The summed E-state index contributed by atoms with van der Waals surface area (Å²) in [7, 11) is 0. The quantitative estimate of drug-likeness (QED) is 0.924. The van der Waals surface area contributed by atoms with Gasteiger partial charge in [-0.1, -0.05) is 38.1 Å². The Hall–Kier alpha value is -1.39. The van der Waals surface area contributed by atoms with Gasteiger partial charge in [0.25, 0.3) is 0 Å². The van der Waals surface area contributed by atoms with Crippen molar-refractivity contribution in [2.24, 2.45) is 0 Å². The molecule has 2 heterocycles. The Kier molecular flexibility index (Phi) is 4.27. The van der Waals surface area contributed by atoms with Crippen molar-refractivity contribution in [3.8, 4) is 0 Å². The topological polar surface area (TPSA) is 41.6 Å². The van der Waals surface area contributed by atoms with Gasteiger partial charge in [-0.3, -0.25) is 10.1 Å². The largest absolute Gasteiger partial charge is 0.379 e. The maximum atomic E-state index is 12.6. The highest BCUT2D eigenvalue weighted by atomic mass is 16.5. The Balaban J connectivity index is 1.87. The Morgan fingerprint density at radius 2 is 2.05 bits per heavy atom. The smallest absolute Gasteiger partial charge is 0.241 e. The third-order valence-electron chi connectivity index (χ3n) is 4.60. The van der Waals surface area contributed by atoms with Crippen molar-refractivity contribution in [2.75, 3.05) is 13.2 Å². The van der Waals surface area contributed by atoms with Gasteiger partial charge in [-0.2, -0.15) is 0 Å². The number of carbonyl (C=O) groups excluding carboxylic acids is 1. The lowest BCUT2D eigenvalue weighted by atomic mass is 10.1. The standard InChI is InChI=1S/C17H24N2O2/c1-3-12-5-7-13(8-6-12)16-18-15(4-2)17(20)19(16)14-9-10-21-11-14/h5-8,14-16,18H,3-4,9-11H2,1-2H3. The summed E-state index contributed by atoms with van der Waals surface area (Å²) in [5, 5.41) is 3.49. The van der Waals surface area contributed by atoms with E-state index in [2.05, 4.69) is 43.4 Å². The molecule has 1 N–H and O–H groups in total. The van der Waals surface area contributed by atoms with Crippen LogP contribution < -0.4 is 5.32 Å². The molecule has 2 saturated heterocycles. The summed E-state index contributed by atoms with van der Waals surface area (Å²) in [5.74, 6) is 0.220. The Labute approximate surface area is 126 Å². The first-order valence-corrected chi connectivity index (χ1v) is 7.99. The minimum atomic E-state index is -0.0681. The zero-order chi connectivity index (χ0) is 14.8. The molecule has 0 bridgehead atoms. The lowest BCUT2D eigenvalue weighted by Gasteiger charge is -2.29. The van der Waals surface area contributed by atoms with Crippen molar-refractivity contribution >= 4 is 5.91 Å². The average molecular weight is 288 g/mol. The van der Waals surface area contributed by atoms with Crippen LogP contribution in [-0.2, 0) is 16.0 Å². The van der Waals surface area contributed by atoms with Crippen molar-refractivity contribution in [3.05, 3.63) is 35.4 Å². The Morgan fingerprint density at radius 3 is 2.62 bits per heavy atom. The fourth-order valence-electron chi connectivity index (χ4n) is 3.27. The number of carbonyl (C=O) groups is 1. The predicted octanol–water partition coefficient (Wildman–Crippen LogP) is 2.25. The molecule has 21 heavy (non-hydrogen) atoms. The highest BCUT2D eigenvalue weighted by Crippen LogP contribution is 2.31. The number of aryl methyl sites for hydroxylation is 1. The van der Waals surface area contributed by atoms with E-state index in [1.54, 1.807) is 0 Å². The second-order valence-corrected chi connectivity index (χ2v) is 5.89. The van der Waals surface area contributed by atoms with Gasteiger partial charge in [0.2, 0.25) is 5.91 Å². The van der Waals surface area contributed by atoms with E-state index in [-0.39, 0.29) is 24.2 Å². The third-order valence-corrected chi connectivity index (χ3v) is 4.60. The molecule has 0 spiro atoms. The normalized spacial score (nSPS) is 29.3. The van der Waals surface area contributed by atoms with Crippen molar-refractivity contribution in [1.29, 1.82) is 0 Å². The molecule has 3 rings (SSSR count). The van der Waals surface area contributed by atoms with Crippen molar-refractivity contribution in [1.82, 2.24) is 10.2 Å². The number of benzene rings is 1. The van der Waals surface area contributed by atoms with Gasteiger partial charge in [0.05, 0.1) is 18.7 Å². The Morgan fingerprint density at radius 1 is 1.29 bits per heavy atom. The van der Waals surface area contributed by atoms with E-state index in [1.807, 2.05) is 4.90 Å². The molecule has 2 aliphatic heterocycles. The van der Waals surface area contributed by atoms with Gasteiger partial charge in [0.1, 0.15) is 6.17 Å². The molecule has 114 valence electrons. The highest BCUT2D eigenvalue weighted by Gasteiger charge is 2.43. The number of amides is 1. The summed E-state index contributed by atoms with van der Waals surface area (Å²) in [5.41, 5.74) is 2.49. The molecule has 0 saturated carbocycles. The average Bonchev–Trinajstić information content (AvgIpc) is 3.14. The minimum absolute atomic E-state index is 0.0138. The second-order valence-electron chi connectivity index (χ2n) is 5.89. The van der Waals surface area contributed by atoms with Crippen LogP contribution >= 0.6 is 0 Å². The molecule has 1 amide bonds. The molecule has 4 nitrogen and oxygen atoms in total. The van der Waals surface area contributed by atoms with Gasteiger partial charge >= 0.3 is 0 Å². The van der Waals surface area contributed by atoms with E-state index >= 15 is 0 Å². The van der Waals surface area contributed by atoms with Crippen LogP contribution in [0.1, 0.15) is 44.0 Å². The first kappa shape index (κ1) is 14.5. The zero-order valence-electron chi connectivity index (χ0n) is 12.8. The SMILES string of the molecule is CCc1ccc(C2NC(CC)C(=O)N2C2CCOC2)cc1. The summed E-state index contributed by atoms with van der Waals surface area (Å²) in [6, 6.07) is 8.74. The molecule has 0 radical (unpaired) electrons. The number of rotatable bonds is 4. The zero-order valence-corrected chi connectivity index (χ0v) is 12.8. The van der Waals surface area contributed by atoms with Crippen LogP contribution in [0, 0.1) is 0 Å². The highest BCUT2D eigenvalue weighted by molar-refractivity contribution is 5.85. The number of ether oxygens (including phenoxy) is 1. The molecular formula is C17H24N2O2. The molecule has 3 unspecified atom stereocenters. The molecular weight excluding hydrogens is 264 g/mol. The number of nitrogens with one attached hydrogen (secondary N) is 1. The van der Waals surface area contributed by atoms with E-state index < -0.39 is 0 Å². The third kappa shape index (κ3) is 2.70. The van der Waals surface area contributed by atoms with E-state index in [0.29, 0.717) is 6.61 Å². The molecule has 0 aliphatic carbocycles. The summed E-state index contributed by atoms with van der Waals surface area (Å²) in [6.07, 6.45) is 2.79. The Bertz CT molecular complexity index is 494. The fraction of sp³-hybridized carbons (Fsp3) is 0.588. The molecule has 4 heteroatoms. The van der Waals surface area contributed by atoms with Crippen LogP contribution in [-0.4, -0.2) is 36.1 Å².